The van der Waals surface area contributed by atoms with Gasteiger partial charge in [0.1, 0.15) is 5.15 Å². The van der Waals surface area contributed by atoms with E-state index < -0.39 is 16.8 Å². The number of carboxylic acids is 1. The topological polar surface area (TPSA) is 72.2 Å². The van der Waals surface area contributed by atoms with Gasteiger partial charge in [-0.3, -0.25) is 13.7 Å². The Kier molecular flexibility index (Phi) is 4.01. The van der Waals surface area contributed by atoms with Crippen molar-refractivity contribution in [3.05, 3.63) is 16.4 Å². The molecule has 106 valence electrons. The Bertz CT molecular complexity index is 537. The quantitative estimate of drug-likeness (QED) is 0.871. The van der Waals surface area contributed by atoms with Crippen LogP contribution in [0.1, 0.15) is 30.5 Å². The van der Waals surface area contributed by atoms with Crippen LogP contribution in [-0.4, -0.2) is 30.8 Å². The van der Waals surface area contributed by atoms with Crippen molar-refractivity contribution in [1.82, 2.24) is 9.78 Å². The molecule has 0 aliphatic heterocycles. The summed E-state index contributed by atoms with van der Waals surface area (Å²) in [5.41, 5.74) is 1.33. The highest BCUT2D eigenvalue weighted by Gasteiger charge is 2.45. The van der Waals surface area contributed by atoms with E-state index in [9.17, 15) is 9.00 Å². The fraction of sp³-hybridized carbons (Fsp3) is 0.667. The summed E-state index contributed by atoms with van der Waals surface area (Å²) in [6.07, 6.45) is 1.81. The van der Waals surface area contributed by atoms with Gasteiger partial charge in [0.05, 0.1) is 17.9 Å². The molecule has 0 saturated heterocycles. The van der Waals surface area contributed by atoms with Gasteiger partial charge < -0.3 is 5.11 Å². The van der Waals surface area contributed by atoms with Crippen molar-refractivity contribution in [1.29, 1.82) is 0 Å². The fourth-order valence-corrected chi connectivity index (χ4v) is 4.43. The van der Waals surface area contributed by atoms with E-state index in [-0.39, 0.29) is 11.8 Å². The van der Waals surface area contributed by atoms with Gasteiger partial charge >= 0.3 is 5.97 Å². The Morgan fingerprint density at radius 1 is 1.58 bits per heavy atom. The van der Waals surface area contributed by atoms with Gasteiger partial charge in [0, 0.05) is 29.2 Å². The van der Waals surface area contributed by atoms with Crippen LogP contribution in [0, 0.1) is 12.3 Å². The van der Waals surface area contributed by atoms with Gasteiger partial charge in [-0.25, -0.2) is 0 Å². The molecule has 1 aromatic rings. The van der Waals surface area contributed by atoms with E-state index in [0.717, 1.165) is 24.1 Å². The van der Waals surface area contributed by atoms with Gasteiger partial charge in [-0.2, -0.15) is 5.10 Å². The highest BCUT2D eigenvalue weighted by Crippen LogP contribution is 2.49. The molecule has 1 aromatic heterocycles. The Morgan fingerprint density at radius 3 is 2.63 bits per heavy atom. The molecule has 1 aliphatic carbocycles. The van der Waals surface area contributed by atoms with Crippen LogP contribution in [0.4, 0.5) is 0 Å². The van der Waals surface area contributed by atoms with Crippen molar-refractivity contribution in [3.8, 4) is 0 Å². The lowest BCUT2D eigenvalue weighted by molar-refractivity contribution is -0.138. The van der Waals surface area contributed by atoms with Gasteiger partial charge in [-0.15, -0.1) is 0 Å². The van der Waals surface area contributed by atoms with Crippen molar-refractivity contribution in [2.75, 3.05) is 5.75 Å². The smallest absolute Gasteiger partial charge is 0.303 e. The molecule has 5 nitrogen and oxygen atoms in total. The maximum absolute atomic E-state index is 12.2. The number of aromatic nitrogens is 2. The second-order valence-electron chi connectivity index (χ2n) is 5.28. The van der Waals surface area contributed by atoms with Gasteiger partial charge in [0.2, 0.25) is 0 Å². The lowest BCUT2D eigenvalue weighted by Gasteiger charge is -2.11. The number of rotatable bonds is 6. The number of aryl methyl sites for hydroxylation is 2. The van der Waals surface area contributed by atoms with Crippen LogP contribution in [0.25, 0.3) is 0 Å². The summed E-state index contributed by atoms with van der Waals surface area (Å²) in [5, 5.41) is 13.5. The first-order valence-corrected chi connectivity index (χ1v) is 7.94. The van der Waals surface area contributed by atoms with E-state index in [0.29, 0.717) is 16.7 Å². The second-order valence-corrected chi connectivity index (χ2v) is 7.09. The van der Waals surface area contributed by atoms with Crippen molar-refractivity contribution >= 4 is 28.4 Å². The van der Waals surface area contributed by atoms with Crippen LogP contribution in [0.2, 0.25) is 5.15 Å². The Labute approximate surface area is 119 Å². The molecule has 0 radical (unpaired) electrons. The lowest BCUT2D eigenvalue weighted by Crippen LogP contribution is -2.17. The molecule has 0 spiro atoms. The zero-order valence-electron chi connectivity index (χ0n) is 11.0. The monoisotopic (exact) mass is 304 g/mol. The molecule has 19 heavy (non-hydrogen) atoms. The third kappa shape index (κ3) is 3.36. The molecule has 1 unspecified atom stereocenters. The first-order valence-electron chi connectivity index (χ1n) is 6.08. The van der Waals surface area contributed by atoms with Crippen LogP contribution >= 0.6 is 11.6 Å². The van der Waals surface area contributed by atoms with E-state index in [1.165, 1.54) is 0 Å². The second kappa shape index (κ2) is 5.25. The summed E-state index contributed by atoms with van der Waals surface area (Å²) < 4.78 is 13.7. The zero-order chi connectivity index (χ0) is 14.2. The van der Waals surface area contributed by atoms with Crippen molar-refractivity contribution < 1.29 is 14.1 Å². The van der Waals surface area contributed by atoms with Gasteiger partial charge in [0.25, 0.3) is 0 Å². The van der Waals surface area contributed by atoms with Crippen LogP contribution < -0.4 is 0 Å². The van der Waals surface area contributed by atoms with Crippen molar-refractivity contribution in [3.63, 3.8) is 0 Å². The Balaban J connectivity index is 2.00. The number of carboxylic acid groups (broad SMARTS) is 1. The molecule has 0 amide bonds. The molecule has 1 heterocycles. The molecule has 7 heteroatoms. The Hall–Kier alpha value is -0.880. The SMILES string of the molecule is Cc1nn(C)c(Cl)c1CS(=O)CC1(CC(=O)O)CC1. The summed E-state index contributed by atoms with van der Waals surface area (Å²) in [6, 6.07) is 0. The van der Waals surface area contributed by atoms with E-state index in [1.807, 2.05) is 6.92 Å². The van der Waals surface area contributed by atoms with E-state index in [2.05, 4.69) is 5.10 Å². The molecule has 0 bridgehead atoms. The predicted molar refractivity (Wildman–Crippen MR) is 73.6 cm³/mol. The van der Waals surface area contributed by atoms with Crippen LogP contribution in [0.15, 0.2) is 0 Å². The maximum Gasteiger partial charge on any atom is 0.303 e. The molecule has 1 saturated carbocycles. The van der Waals surface area contributed by atoms with Crippen LogP contribution in [-0.2, 0) is 28.4 Å². The van der Waals surface area contributed by atoms with Gasteiger partial charge in [-0.1, -0.05) is 11.6 Å². The average molecular weight is 305 g/mol. The molecular weight excluding hydrogens is 288 g/mol. The van der Waals surface area contributed by atoms with Crippen molar-refractivity contribution in [2.24, 2.45) is 12.5 Å². The molecule has 1 N–H and O–H groups in total. The van der Waals surface area contributed by atoms with E-state index in [4.69, 9.17) is 16.7 Å². The number of hydrogen-bond donors (Lipinski definition) is 1. The normalized spacial score (nSPS) is 18.3. The third-order valence-corrected chi connectivity index (χ3v) is 5.54. The molecule has 1 aliphatic rings. The molecular formula is C12H17ClN2O3S. The summed E-state index contributed by atoms with van der Waals surface area (Å²) >= 11 is 6.10. The number of carbonyl (C=O) groups is 1. The summed E-state index contributed by atoms with van der Waals surface area (Å²) in [6.45, 7) is 1.84. The lowest BCUT2D eigenvalue weighted by atomic mass is 10.1. The zero-order valence-corrected chi connectivity index (χ0v) is 12.6. The van der Waals surface area contributed by atoms with E-state index in [1.54, 1.807) is 11.7 Å². The standard InChI is InChI=1S/C12H17ClN2O3S/c1-8-9(11(13)15(2)14-8)6-19(18)7-12(3-4-12)5-10(16)17/h3-7H2,1-2H3,(H,16,17). The van der Waals surface area contributed by atoms with Crippen molar-refractivity contribution in [2.45, 2.75) is 31.9 Å². The Morgan fingerprint density at radius 2 is 2.21 bits per heavy atom. The minimum Gasteiger partial charge on any atom is -0.481 e. The summed E-state index contributed by atoms with van der Waals surface area (Å²) in [7, 11) is 0.642. The molecule has 1 atom stereocenters. The highest BCUT2D eigenvalue weighted by molar-refractivity contribution is 7.84. The summed E-state index contributed by atoms with van der Waals surface area (Å²) in [5.74, 6) is -0.0331. The largest absolute Gasteiger partial charge is 0.481 e. The fourth-order valence-electron chi connectivity index (χ4n) is 2.26. The van der Waals surface area contributed by atoms with E-state index >= 15 is 0 Å². The minimum atomic E-state index is -1.10. The van der Waals surface area contributed by atoms with Gasteiger partial charge in [-0.05, 0) is 25.2 Å². The molecule has 2 rings (SSSR count). The van der Waals surface area contributed by atoms with Gasteiger partial charge in [0.15, 0.2) is 0 Å². The predicted octanol–water partition coefficient (Wildman–Crippen LogP) is 1.89. The number of halogens is 1. The number of hydrogen-bond acceptors (Lipinski definition) is 3. The highest BCUT2D eigenvalue weighted by atomic mass is 35.5. The maximum atomic E-state index is 12.2. The van der Waals surface area contributed by atoms with Crippen LogP contribution in [0.5, 0.6) is 0 Å². The molecule has 0 aromatic carbocycles. The minimum absolute atomic E-state index is 0.110. The number of aliphatic carboxylic acids is 1. The molecule has 1 fully saturated rings. The van der Waals surface area contributed by atoms with Crippen LogP contribution in [0.3, 0.4) is 0 Å². The average Bonchev–Trinajstić information content (AvgIpc) is 2.97. The third-order valence-electron chi connectivity index (χ3n) is 3.53. The first-order chi connectivity index (χ1) is 8.83. The number of nitrogens with zero attached hydrogens (tertiary/aromatic N) is 2. The first kappa shape index (κ1) is 14.5. The summed E-state index contributed by atoms with van der Waals surface area (Å²) in [4.78, 5) is 10.8.